The van der Waals surface area contributed by atoms with Crippen LogP contribution in [0.25, 0.3) is 0 Å². The average Bonchev–Trinajstić information content (AvgIpc) is 2.44. The smallest absolute Gasteiger partial charge is 0.262 e. The largest absolute Gasteiger partial charge is 0.325 e. The van der Waals surface area contributed by atoms with Crippen molar-refractivity contribution in [3.05, 3.63) is 0 Å². The number of alkyl halides is 2. The average molecular weight is 158 g/mol. The summed E-state index contributed by atoms with van der Waals surface area (Å²) in [6.07, 6.45) is 1.31. The molecule has 0 atom stereocenters. The number of hydrogen-bond donors (Lipinski definition) is 1. The minimum absolute atomic E-state index is 0. The monoisotopic (exact) mass is 157 g/mol. The van der Waals surface area contributed by atoms with Gasteiger partial charge in [-0.15, -0.1) is 12.4 Å². The Hall–Kier alpha value is 0.110. The number of nitrogens with two attached hydrogens (primary N) is 1. The Morgan fingerprint density at radius 3 is 2.00 bits per heavy atom. The summed E-state index contributed by atoms with van der Waals surface area (Å²) >= 11 is 0. The van der Waals surface area contributed by atoms with Gasteiger partial charge in [-0.1, -0.05) is 0 Å². The molecule has 1 aliphatic carbocycles. The second-order valence-corrected chi connectivity index (χ2v) is 2.24. The third-order valence-corrected chi connectivity index (χ3v) is 1.45. The molecule has 1 nitrogen and oxygen atoms in total. The first-order valence-electron chi connectivity index (χ1n) is 2.74. The fourth-order valence-corrected chi connectivity index (χ4v) is 0.672. The van der Waals surface area contributed by atoms with Gasteiger partial charge in [-0.25, -0.2) is 8.78 Å². The van der Waals surface area contributed by atoms with Crippen LogP contribution in [0, 0.1) is 5.92 Å². The van der Waals surface area contributed by atoms with Crippen LogP contribution in [-0.4, -0.2) is 12.5 Å². The van der Waals surface area contributed by atoms with E-state index in [0.717, 1.165) is 0 Å². The highest BCUT2D eigenvalue weighted by molar-refractivity contribution is 5.85. The van der Waals surface area contributed by atoms with Gasteiger partial charge in [0, 0.05) is 5.92 Å². The van der Waals surface area contributed by atoms with E-state index >= 15 is 0 Å². The lowest BCUT2D eigenvalue weighted by atomic mass is 10.2. The van der Waals surface area contributed by atoms with E-state index in [4.69, 9.17) is 5.73 Å². The molecule has 0 aliphatic heterocycles. The number of rotatable bonds is 2. The van der Waals surface area contributed by atoms with Gasteiger partial charge >= 0.3 is 0 Å². The van der Waals surface area contributed by atoms with Gasteiger partial charge in [0.05, 0.1) is 6.54 Å². The summed E-state index contributed by atoms with van der Waals surface area (Å²) in [6, 6.07) is 0. The molecule has 1 aliphatic rings. The molecule has 0 unspecified atom stereocenters. The van der Waals surface area contributed by atoms with Crippen LogP contribution in [-0.2, 0) is 0 Å². The second-order valence-electron chi connectivity index (χ2n) is 2.24. The van der Waals surface area contributed by atoms with Gasteiger partial charge in [-0.3, -0.25) is 0 Å². The van der Waals surface area contributed by atoms with Crippen molar-refractivity contribution in [2.24, 2.45) is 11.7 Å². The topological polar surface area (TPSA) is 26.0 Å². The maximum atomic E-state index is 12.2. The lowest BCUT2D eigenvalue weighted by Gasteiger charge is -2.10. The van der Waals surface area contributed by atoms with E-state index < -0.39 is 18.4 Å². The van der Waals surface area contributed by atoms with E-state index in [1.54, 1.807) is 0 Å². The molecule has 0 spiro atoms. The van der Waals surface area contributed by atoms with Crippen LogP contribution in [0.2, 0.25) is 0 Å². The summed E-state index contributed by atoms with van der Waals surface area (Å²) in [4.78, 5) is 0. The lowest BCUT2D eigenvalue weighted by molar-refractivity contribution is -0.0125. The Morgan fingerprint density at radius 1 is 1.44 bits per heavy atom. The predicted molar refractivity (Wildman–Crippen MR) is 34.0 cm³/mol. The fourth-order valence-electron chi connectivity index (χ4n) is 0.672. The van der Waals surface area contributed by atoms with Gasteiger partial charge in [-0.05, 0) is 12.8 Å². The summed E-state index contributed by atoms with van der Waals surface area (Å²) in [6.45, 7) is -0.488. The summed E-state index contributed by atoms with van der Waals surface area (Å²) in [5.41, 5.74) is 4.80. The molecule has 0 aromatic rings. The zero-order chi connectivity index (χ0) is 6.20. The minimum atomic E-state index is -2.57. The van der Waals surface area contributed by atoms with Crippen molar-refractivity contribution in [2.75, 3.05) is 6.54 Å². The van der Waals surface area contributed by atoms with Crippen LogP contribution in [0.3, 0.4) is 0 Å². The Morgan fingerprint density at radius 2 is 1.89 bits per heavy atom. The van der Waals surface area contributed by atoms with E-state index in [-0.39, 0.29) is 12.4 Å². The van der Waals surface area contributed by atoms with Crippen molar-refractivity contribution < 1.29 is 8.78 Å². The predicted octanol–water partition coefficient (Wildman–Crippen LogP) is 1.41. The molecule has 1 rings (SSSR count). The molecule has 0 aromatic heterocycles. The Kier molecular flexibility index (Phi) is 2.83. The van der Waals surface area contributed by atoms with Gasteiger partial charge in [0.1, 0.15) is 0 Å². The summed E-state index contributed by atoms with van der Waals surface area (Å²) < 4.78 is 24.4. The highest BCUT2D eigenvalue weighted by Crippen LogP contribution is 2.42. The van der Waals surface area contributed by atoms with Crippen molar-refractivity contribution in [3.63, 3.8) is 0 Å². The molecular formula is C5H10ClF2N. The Labute approximate surface area is 59.0 Å². The standard InChI is InChI=1S/C5H9F2N.ClH/c6-5(7,3-8)4-1-2-4;/h4H,1-3,8H2;1H. The van der Waals surface area contributed by atoms with Gasteiger partial charge in [-0.2, -0.15) is 0 Å². The fraction of sp³-hybridized carbons (Fsp3) is 1.00. The van der Waals surface area contributed by atoms with Gasteiger partial charge in [0.25, 0.3) is 5.92 Å². The molecule has 0 bridgehead atoms. The molecule has 0 amide bonds. The van der Waals surface area contributed by atoms with E-state index in [9.17, 15) is 8.78 Å². The molecular weight excluding hydrogens is 148 g/mol. The first kappa shape index (κ1) is 9.11. The lowest BCUT2D eigenvalue weighted by Crippen LogP contribution is -2.29. The number of hydrogen-bond acceptors (Lipinski definition) is 1. The number of halogens is 3. The second kappa shape index (κ2) is 2.80. The SMILES string of the molecule is Cl.NCC(F)(F)C1CC1. The van der Waals surface area contributed by atoms with E-state index in [0.29, 0.717) is 12.8 Å². The molecule has 0 saturated heterocycles. The van der Waals surface area contributed by atoms with Gasteiger partial charge in [0.15, 0.2) is 0 Å². The van der Waals surface area contributed by atoms with E-state index in [1.165, 1.54) is 0 Å². The first-order chi connectivity index (χ1) is 3.67. The maximum Gasteiger partial charge on any atom is 0.262 e. The third-order valence-electron chi connectivity index (χ3n) is 1.45. The van der Waals surface area contributed by atoms with Crippen LogP contribution in [0.4, 0.5) is 8.78 Å². The summed E-state index contributed by atoms with van der Waals surface area (Å²) in [5.74, 6) is -2.97. The van der Waals surface area contributed by atoms with E-state index in [1.807, 2.05) is 0 Å². The summed E-state index contributed by atoms with van der Waals surface area (Å²) in [7, 11) is 0. The molecule has 0 aromatic carbocycles. The summed E-state index contributed by atoms with van der Waals surface area (Å²) in [5, 5.41) is 0. The van der Waals surface area contributed by atoms with Crippen molar-refractivity contribution in [1.29, 1.82) is 0 Å². The highest BCUT2D eigenvalue weighted by Gasteiger charge is 2.45. The molecule has 0 radical (unpaired) electrons. The van der Waals surface area contributed by atoms with Crippen LogP contribution in [0.1, 0.15) is 12.8 Å². The third kappa shape index (κ3) is 2.06. The maximum absolute atomic E-state index is 12.2. The Bertz CT molecular complexity index is 93.0. The van der Waals surface area contributed by atoms with Crippen molar-refractivity contribution in [1.82, 2.24) is 0 Å². The molecule has 9 heavy (non-hydrogen) atoms. The van der Waals surface area contributed by atoms with Crippen LogP contribution < -0.4 is 5.73 Å². The quantitative estimate of drug-likeness (QED) is 0.645. The zero-order valence-corrected chi connectivity index (χ0v) is 5.76. The van der Waals surface area contributed by atoms with Crippen LogP contribution in [0.15, 0.2) is 0 Å². The van der Waals surface area contributed by atoms with E-state index in [2.05, 4.69) is 0 Å². The molecule has 4 heteroatoms. The first-order valence-corrected chi connectivity index (χ1v) is 2.74. The van der Waals surface area contributed by atoms with Crippen molar-refractivity contribution >= 4 is 12.4 Å². The van der Waals surface area contributed by atoms with Crippen molar-refractivity contribution in [2.45, 2.75) is 18.8 Å². The van der Waals surface area contributed by atoms with Crippen LogP contribution >= 0.6 is 12.4 Å². The zero-order valence-electron chi connectivity index (χ0n) is 4.94. The minimum Gasteiger partial charge on any atom is -0.325 e. The molecule has 1 fully saturated rings. The van der Waals surface area contributed by atoms with Crippen molar-refractivity contribution in [3.8, 4) is 0 Å². The normalized spacial score (nSPS) is 19.0. The Balaban J connectivity index is 0.000000640. The molecule has 2 N–H and O–H groups in total. The molecule has 0 heterocycles. The van der Waals surface area contributed by atoms with Crippen LogP contribution in [0.5, 0.6) is 0 Å². The molecule has 56 valence electrons. The highest BCUT2D eigenvalue weighted by atomic mass is 35.5. The van der Waals surface area contributed by atoms with Gasteiger partial charge in [0.2, 0.25) is 0 Å². The molecule has 1 saturated carbocycles. The van der Waals surface area contributed by atoms with Gasteiger partial charge < -0.3 is 5.73 Å².